The number of aliphatic hydroxyl groups excluding tert-OH is 7. The van der Waals surface area contributed by atoms with E-state index >= 15 is 0 Å². The van der Waals surface area contributed by atoms with Crippen molar-refractivity contribution in [1.29, 1.82) is 0 Å². The van der Waals surface area contributed by atoms with E-state index in [1.54, 1.807) is 0 Å². The van der Waals surface area contributed by atoms with Crippen LogP contribution in [0.25, 0.3) is 0 Å². The standard InChI is InChI=1S/C58H108O15/c1-3-5-7-9-11-13-15-17-19-20-21-22-23-24-25-27-29-31-33-35-37-39-41-50(61)71-46(43-68-49(60)40-38-36-34-32-30-28-26-18-16-14-12-10-8-6-4-2)44-69-57-56(67)54(65)52(63)48(73-57)45-70-58-55(66)53(64)51(62)47(42-59)72-58/h10,12,46-48,51-59,62-67H,3-9,11,13-45H2,1-2H3/b12-10+/t46-,47+,48+,51-,52-,53?,54?,55?,56?,57+,58+/m1/s1. The Morgan fingerprint density at radius 2 is 0.795 bits per heavy atom. The number of allylic oxidation sites excluding steroid dienone is 2. The number of hydrogen-bond donors (Lipinski definition) is 7. The number of hydrogen-bond acceptors (Lipinski definition) is 15. The van der Waals surface area contributed by atoms with E-state index in [1.165, 1.54) is 173 Å². The maximum atomic E-state index is 13.1. The first-order valence-electron chi connectivity index (χ1n) is 29.8. The number of aliphatic hydroxyl groups is 7. The first kappa shape index (κ1) is 67.3. The molecule has 7 N–H and O–H groups in total. The van der Waals surface area contributed by atoms with Crippen molar-refractivity contribution >= 4 is 11.9 Å². The summed E-state index contributed by atoms with van der Waals surface area (Å²) < 4.78 is 33.7. The molecule has 2 aliphatic rings. The van der Waals surface area contributed by atoms with Gasteiger partial charge in [0, 0.05) is 12.8 Å². The second-order valence-corrected chi connectivity index (χ2v) is 21.2. The molecule has 2 fully saturated rings. The lowest BCUT2D eigenvalue weighted by molar-refractivity contribution is -0.332. The highest BCUT2D eigenvalue weighted by Crippen LogP contribution is 2.27. The molecule has 15 nitrogen and oxygen atoms in total. The summed E-state index contributed by atoms with van der Waals surface area (Å²) in [6.07, 6.45) is 30.9. The van der Waals surface area contributed by atoms with Crippen LogP contribution in [0.1, 0.15) is 251 Å². The number of ether oxygens (including phenoxy) is 6. The lowest BCUT2D eigenvalue weighted by atomic mass is 9.98. The van der Waals surface area contributed by atoms with Crippen molar-refractivity contribution in [1.82, 2.24) is 0 Å². The van der Waals surface area contributed by atoms with Gasteiger partial charge in [-0.1, -0.05) is 219 Å². The minimum atomic E-state index is -1.76. The van der Waals surface area contributed by atoms with E-state index in [0.29, 0.717) is 12.8 Å². The summed E-state index contributed by atoms with van der Waals surface area (Å²) >= 11 is 0. The molecule has 0 bridgehead atoms. The first-order valence-corrected chi connectivity index (χ1v) is 29.8. The predicted octanol–water partition coefficient (Wildman–Crippen LogP) is 10.1. The van der Waals surface area contributed by atoms with Gasteiger partial charge in [0.25, 0.3) is 0 Å². The van der Waals surface area contributed by atoms with Crippen molar-refractivity contribution < 1.29 is 73.8 Å². The summed E-state index contributed by atoms with van der Waals surface area (Å²) in [6, 6.07) is 0. The van der Waals surface area contributed by atoms with E-state index in [1.807, 2.05) is 0 Å². The molecule has 430 valence electrons. The molecule has 0 aromatic heterocycles. The van der Waals surface area contributed by atoms with Gasteiger partial charge in [0.05, 0.1) is 19.8 Å². The largest absolute Gasteiger partial charge is 0.462 e. The lowest BCUT2D eigenvalue weighted by Crippen LogP contribution is -2.61. The third kappa shape index (κ3) is 32.6. The zero-order chi connectivity index (χ0) is 53.2. The summed E-state index contributed by atoms with van der Waals surface area (Å²) in [5, 5.41) is 72.3. The molecule has 2 heterocycles. The molecule has 0 spiro atoms. The maximum Gasteiger partial charge on any atom is 0.306 e. The molecule has 15 heteroatoms. The average Bonchev–Trinajstić information content (AvgIpc) is 3.38. The first-order chi connectivity index (χ1) is 35.5. The zero-order valence-corrected chi connectivity index (χ0v) is 45.9. The molecule has 0 saturated carbocycles. The summed E-state index contributed by atoms with van der Waals surface area (Å²) in [5.74, 6) is -0.911. The van der Waals surface area contributed by atoms with Gasteiger partial charge in [0.2, 0.25) is 0 Å². The van der Waals surface area contributed by atoms with Gasteiger partial charge in [0.1, 0.15) is 55.4 Å². The van der Waals surface area contributed by atoms with Crippen molar-refractivity contribution in [3.8, 4) is 0 Å². The van der Waals surface area contributed by atoms with Crippen LogP contribution in [0.15, 0.2) is 12.2 Å². The summed E-state index contributed by atoms with van der Waals surface area (Å²) in [4.78, 5) is 25.9. The molecule has 11 atom stereocenters. The third-order valence-corrected chi connectivity index (χ3v) is 14.5. The molecule has 4 unspecified atom stereocenters. The zero-order valence-electron chi connectivity index (χ0n) is 45.9. The van der Waals surface area contributed by atoms with Crippen LogP contribution in [0.2, 0.25) is 0 Å². The van der Waals surface area contributed by atoms with E-state index in [2.05, 4.69) is 26.0 Å². The van der Waals surface area contributed by atoms with Crippen molar-refractivity contribution in [2.45, 2.75) is 319 Å². The van der Waals surface area contributed by atoms with Gasteiger partial charge in [-0.25, -0.2) is 0 Å². The van der Waals surface area contributed by atoms with Crippen LogP contribution in [0.5, 0.6) is 0 Å². The monoisotopic (exact) mass is 1040 g/mol. The fourth-order valence-electron chi connectivity index (χ4n) is 9.61. The lowest BCUT2D eigenvalue weighted by Gasteiger charge is -2.42. The Morgan fingerprint density at radius 3 is 1.25 bits per heavy atom. The molecule has 0 amide bonds. The van der Waals surface area contributed by atoms with Crippen LogP contribution in [0.4, 0.5) is 0 Å². The number of carbonyl (C=O) groups is 2. The van der Waals surface area contributed by atoms with E-state index in [4.69, 9.17) is 28.4 Å². The molecule has 73 heavy (non-hydrogen) atoms. The molecule has 0 aliphatic carbocycles. The summed E-state index contributed by atoms with van der Waals surface area (Å²) in [6.45, 7) is 2.62. The number of esters is 2. The smallest absolute Gasteiger partial charge is 0.306 e. The molecule has 2 aliphatic heterocycles. The molecular weight excluding hydrogens is 937 g/mol. The second kappa shape index (κ2) is 45.3. The Morgan fingerprint density at radius 1 is 0.425 bits per heavy atom. The Kier molecular flexibility index (Phi) is 41.8. The fourth-order valence-corrected chi connectivity index (χ4v) is 9.61. The molecule has 0 aromatic carbocycles. The van der Waals surface area contributed by atoms with Gasteiger partial charge in [-0.05, 0) is 32.1 Å². The highest BCUT2D eigenvalue weighted by Gasteiger charge is 2.47. The molecule has 0 radical (unpaired) electrons. The van der Waals surface area contributed by atoms with Crippen LogP contribution in [0, 0.1) is 0 Å². The summed E-state index contributed by atoms with van der Waals surface area (Å²) in [5.41, 5.74) is 0. The van der Waals surface area contributed by atoms with Crippen molar-refractivity contribution in [3.05, 3.63) is 12.2 Å². The minimum absolute atomic E-state index is 0.171. The van der Waals surface area contributed by atoms with Gasteiger partial charge in [-0.15, -0.1) is 0 Å². The van der Waals surface area contributed by atoms with Crippen LogP contribution in [-0.4, -0.2) is 142 Å². The van der Waals surface area contributed by atoms with Gasteiger partial charge in [-0.2, -0.15) is 0 Å². The van der Waals surface area contributed by atoms with Crippen LogP contribution in [-0.2, 0) is 38.0 Å². The normalized spacial score (nSPS) is 24.8. The topological polar surface area (TPSA) is 231 Å². The molecule has 2 saturated heterocycles. The number of rotatable bonds is 48. The highest BCUT2D eigenvalue weighted by atomic mass is 16.7. The van der Waals surface area contributed by atoms with Gasteiger partial charge in [0.15, 0.2) is 18.7 Å². The highest BCUT2D eigenvalue weighted by molar-refractivity contribution is 5.70. The van der Waals surface area contributed by atoms with E-state index in [-0.39, 0.29) is 26.1 Å². The minimum Gasteiger partial charge on any atom is -0.462 e. The van der Waals surface area contributed by atoms with Crippen molar-refractivity contribution in [3.63, 3.8) is 0 Å². The molecule has 2 rings (SSSR count). The van der Waals surface area contributed by atoms with Gasteiger partial charge >= 0.3 is 11.9 Å². The molecular formula is C58H108O15. The van der Waals surface area contributed by atoms with Crippen LogP contribution >= 0.6 is 0 Å². The Bertz CT molecular complexity index is 1320. The number of unbranched alkanes of at least 4 members (excludes halogenated alkanes) is 32. The van der Waals surface area contributed by atoms with E-state index in [0.717, 1.165) is 38.5 Å². The Hall–Kier alpha value is -1.76. The SMILES string of the molecule is CCCC/C=C/CCCCCCCCCCCC(=O)OC[C@H](CO[C@H]1O[C@@H](CO[C@H]2O[C@@H](CO)[C@@H](O)C(O)C2O)[C@@H](O)C(O)C1O)OC(=O)CCCCCCCCCCCCCCCCCCCCCCCC. The van der Waals surface area contributed by atoms with Crippen LogP contribution in [0.3, 0.4) is 0 Å². The van der Waals surface area contributed by atoms with E-state index < -0.39 is 92.7 Å². The Labute approximate surface area is 441 Å². The van der Waals surface area contributed by atoms with Crippen LogP contribution < -0.4 is 0 Å². The quantitative estimate of drug-likeness (QED) is 0.0171. The Balaban J connectivity index is 1.72. The van der Waals surface area contributed by atoms with Crippen molar-refractivity contribution in [2.24, 2.45) is 0 Å². The van der Waals surface area contributed by atoms with Crippen molar-refractivity contribution in [2.75, 3.05) is 26.4 Å². The van der Waals surface area contributed by atoms with Gasteiger partial charge in [-0.3, -0.25) is 9.59 Å². The maximum absolute atomic E-state index is 13.1. The second-order valence-electron chi connectivity index (χ2n) is 21.2. The third-order valence-electron chi connectivity index (χ3n) is 14.5. The number of carbonyl (C=O) groups excluding carboxylic acids is 2. The molecule has 0 aromatic rings. The average molecular weight is 1050 g/mol. The predicted molar refractivity (Wildman–Crippen MR) is 285 cm³/mol. The van der Waals surface area contributed by atoms with E-state index in [9.17, 15) is 45.3 Å². The van der Waals surface area contributed by atoms with Gasteiger partial charge < -0.3 is 64.2 Å². The summed E-state index contributed by atoms with van der Waals surface area (Å²) in [7, 11) is 0. The fraction of sp³-hybridized carbons (Fsp3) is 0.931.